The van der Waals surface area contributed by atoms with Crippen LogP contribution in [0.4, 0.5) is 0 Å². The summed E-state index contributed by atoms with van der Waals surface area (Å²) in [6, 6.07) is 65.6. The highest BCUT2D eigenvalue weighted by molar-refractivity contribution is 5.85. The first-order valence-electron chi connectivity index (χ1n) is 37.9. The van der Waals surface area contributed by atoms with Crippen LogP contribution in [0.3, 0.4) is 0 Å². The van der Waals surface area contributed by atoms with Crippen molar-refractivity contribution in [2.45, 2.75) is 135 Å². The van der Waals surface area contributed by atoms with Gasteiger partial charge in [0.15, 0.2) is 44.1 Å². The second kappa shape index (κ2) is 31.0. The monoisotopic (exact) mass is 1420 g/mol. The quantitative estimate of drug-likeness (QED) is 0.121. The average molecular weight is 1430 g/mol. The molecule has 0 atom stereocenters. The maximum atomic E-state index is 4.47. The van der Waals surface area contributed by atoms with Crippen LogP contribution in [0.25, 0.3) is 112 Å². The van der Waals surface area contributed by atoms with E-state index in [1.165, 1.54) is 156 Å². The smallest absolute Gasteiger partial charge is 0.264 e. The molecule has 12 heteroatoms. The van der Waals surface area contributed by atoms with Gasteiger partial charge in [0, 0.05) is 66.3 Å². The number of fused-ring (bicyclic) bond motifs is 4. The number of rotatable bonds is 11. The Morgan fingerprint density at radius 3 is 0.880 bits per heavy atom. The normalized spacial score (nSPS) is 11.4. The summed E-state index contributed by atoms with van der Waals surface area (Å²) < 4.78 is 18.8. The molecule has 0 aliphatic carbocycles. The van der Waals surface area contributed by atoms with E-state index in [0.29, 0.717) is 17.8 Å². The van der Waals surface area contributed by atoms with Gasteiger partial charge in [0.1, 0.15) is 22.7 Å². The Kier molecular flexibility index (Phi) is 21.4. The minimum absolute atomic E-state index is 0.425. The Balaban J connectivity index is 0.000000127. The minimum atomic E-state index is 0.425. The van der Waals surface area contributed by atoms with E-state index < -0.39 is 0 Å². The van der Waals surface area contributed by atoms with E-state index >= 15 is 0 Å². The van der Waals surface area contributed by atoms with Crippen molar-refractivity contribution < 1.29 is 18.3 Å². The fraction of sp³-hybridized carbons (Fsp3) is 0.250. The Labute approximate surface area is 638 Å². The predicted molar refractivity (Wildman–Crippen MR) is 445 cm³/mol. The summed E-state index contributed by atoms with van der Waals surface area (Å²) >= 11 is 0. The number of aryl methyl sites for hydroxylation is 15. The molecule has 0 aliphatic rings. The lowest BCUT2D eigenvalue weighted by atomic mass is 9.92. The number of hydrogen-bond donors (Lipinski definition) is 0. The highest BCUT2D eigenvalue weighted by atomic mass is 15.2. The molecule has 0 radical (unpaired) electrons. The Hall–Kier alpha value is -11.8. The molecule has 108 heavy (non-hydrogen) atoms. The number of benzene rings is 8. The topological polar surface area (TPSA) is 86.8 Å². The van der Waals surface area contributed by atoms with Crippen LogP contribution in [-0.2, 0) is 28.2 Å². The predicted octanol–water partition coefficient (Wildman–Crippen LogP) is 20.8. The molecule has 0 spiro atoms. The molecule has 8 aromatic heterocycles. The summed E-state index contributed by atoms with van der Waals surface area (Å²) in [5, 5.41) is 0. The van der Waals surface area contributed by atoms with Gasteiger partial charge in [0.2, 0.25) is 0 Å². The molecule has 0 saturated carbocycles. The Bertz CT molecular complexity index is 6020. The second-order valence-electron chi connectivity index (χ2n) is 30.4. The fourth-order valence-electron chi connectivity index (χ4n) is 15.8. The van der Waals surface area contributed by atoms with Gasteiger partial charge in [0.25, 0.3) is 23.3 Å². The molecule has 8 heterocycles. The van der Waals surface area contributed by atoms with Gasteiger partial charge in [-0.15, -0.1) is 0 Å². The van der Waals surface area contributed by atoms with E-state index in [2.05, 4.69) is 384 Å². The lowest BCUT2D eigenvalue weighted by Gasteiger charge is -2.18. The first-order chi connectivity index (χ1) is 51.9. The van der Waals surface area contributed by atoms with Gasteiger partial charge in [-0.1, -0.05) is 139 Å². The van der Waals surface area contributed by atoms with E-state index in [9.17, 15) is 0 Å². The average Bonchev–Trinajstić information content (AvgIpc) is 1.55. The number of hydrogen-bond acceptors (Lipinski definition) is 4. The zero-order valence-electron chi connectivity index (χ0n) is 67.0. The molecule has 0 fully saturated rings. The van der Waals surface area contributed by atoms with E-state index in [1.54, 1.807) is 0 Å². The highest BCUT2D eigenvalue weighted by Gasteiger charge is 2.35. The van der Waals surface area contributed by atoms with Gasteiger partial charge >= 0.3 is 0 Å². The maximum Gasteiger partial charge on any atom is 0.296 e. The van der Waals surface area contributed by atoms with E-state index in [4.69, 9.17) is 0 Å². The van der Waals surface area contributed by atoms with Crippen LogP contribution >= 0.6 is 0 Å². The summed E-state index contributed by atoms with van der Waals surface area (Å²) in [4.78, 5) is 17.7. The van der Waals surface area contributed by atoms with Crippen LogP contribution < -0.4 is 18.3 Å². The third kappa shape index (κ3) is 14.0. The van der Waals surface area contributed by atoms with E-state index in [0.717, 1.165) is 34.2 Å². The molecule has 0 aliphatic heterocycles. The van der Waals surface area contributed by atoms with Crippen molar-refractivity contribution in [2.24, 2.45) is 28.2 Å². The fourth-order valence-corrected chi connectivity index (χ4v) is 15.8. The number of nitrogens with zero attached hydrogens (tertiary/aromatic N) is 12. The standard InChI is InChI=1S/C27H32N3.C24H26N3.C23H24N3.C22H22N3/c1-17(2)21-9-8-10-22(18(3)4)26(21)30-25-15-19(5)11-12-24(25)29(7)27(30)23-16-28-14-13-20(23)6;1-16(2)19-8-6-7-9-21(19)27-23-14-17(3)10-11-22(23)26(5)24(27)20-15-25-13-12-18(20)4;1-15-9-10-20-21(13-15)26(22-17(3)7-6-8-18(22)4)23(25(20)5)19-14-24-12-11-16(19)2;1-15-9-10-20-21(13-15)25(19-8-6-5-7-17(19)3)22(24(20)4)18-14-23-12-11-16(18)2/h8-18H,1-7H3;6-16H,1-5H3;6-14H,1-5H3;5-14H,1-4H3/q4*+1. The molecular formula is C96H104N12+4. The van der Waals surface area contributed by atoms with Crippen molar-refractivity contribution in [3.05, 3.63) is 309 Å². The number of imidazole rings is 4. The number of pyridine rings is 4. The third-order valence-electron chi connectivity index (χ3n) is 21.6. The van der Waals surface area contributed by atoms with Gasteiger partial charge in [-0.3, -0.25) is 19.9 Å². The van der Waals surface area contributed by atoms with Crippen molar-refractivity contribution in [3.8, 4) is 68.3 Å². The summed E-state index contributed by atoms with van der Waals surface area (Å²) in [5.74, 6) is 5.94. The largest absolute Gasteiger partial charge is 0.296 e. The van der Waals surface area contributed by atoms with Gasteiger partial charge < -0.3 is 0 Å². The highest BCUT2D eigenvalue weighted by Crippen LogP contribution is 2.40. The number of para-hydroxylation sites is 4. The van der Waals surface area contributed by atoms with Crippen molar-refractivity contribution in [3.63, 3.8) is 0 Å². The van der Waals surface area contributed by atoms with Gasteiger partial charge in [0.05, 0.1) is 50.4 Å². The molecule has 8 aromatic carbocycles. The van der Waals surface area contributed by atoms with Crippen molar-refractivity contribution in [2.75, 3.05) is 0 Å². The van der Waals surface area contributed by atoms with E-state index in [1.807, 2.05) is 49.6 Å². The van der Waals surface area contributed by atoms with Gasteiger partial charge in [-0.25, -0.2) is 18.3 Å². The molecule has 16 aromatic rings. The molecule has 12 nitrogen and oxygen atoms in total. The van der Waals surface area contributed by atoms with Gasteiger partial charge in [-0.05, 0) is 240 Å². The number of aromatic nitrogens is 12. The molecule has 0 unspecified atom stereocenters. The van der Waals surface area contributed by atoms with Crippen LogP contribution in [0.1, 0.15) is 137 Å². The Morgan fingerprint density at radius 1 is 0.259 bits per heavy atom. The zero-order valence-corrected chi connectivity index (χ0v) is 67.0. The summed E-state index contributed by atoms with van der Waals surface area (Å²) in [5.41, 5.74) is 37.3. The van der Waals surface area contributed by atoms with Crippen LogP contribution in [-0.4, -0.2) is 38.2 Å². The Morgan fingerprint density at radius 2 is 0.537 bits per heavy atom. The molecule has 0 bridgehead atoms. The van der Waals surface area contributed by atoms with E-state index in [-0.39, 0.29) is 0 Å². The lowest BCUT2D eigenvalue weighted by Crippen LogP contribution is -2.30. The first kappa shape index (κ1) is 74.5. The molecule has 16 rings (SSSR count). The minimum Gasteiger partial charge on any atom is -0.264 e. The zero-order chi connectivity index (χ0) is 76.7. The molecule has 544 valence electrons. The third-order valence-corrected chi connectivity index (χ3v) is 21.6. The maximum absolute atomic E-state index is 4.47. The lowest BCUT2D eigenvalue weighted by molar-refractivity contribution is -0.634. The molecule has 0 amide bonds. The molecule has 0 N–H and O–H groups in total. The van der Waals surface area contributed by atoms with Crippen molar-refractivity contribution in [1.29, 1.82) is 0 Å². The van der Waals surface area contributed by atoms with Crippen LogP contribution in [0.2, 0.25) is 0 Å². The summed E-state index contributed by atoms with van der Waals surface area (Å²) in [6.07, 6.45) is 15.4. The molecule has 0 saturated heterocycles. The van der Waals surface area contributed by atoms with Gasteiger partial charge in [-0.2, -0.15) is 18.3 Å². The van der Waals surface area contributed by atoms with Crippen molar-refractivity contribution in [1.82, 2.24) is 38.2 Å². The SMILES string of the molecule is Cc1ccc2c(c1)n(-c1c(C(C)C)cccc1C(C)C)c(-c1cnccc1C)[n+]2C.Cc1ccc2c(c1)n(-c1c(C)cccc1C)c(-c1cnccc1C)[n+]2C.Cc1ccc2c(c1)n(-c1ccccc1C(C)C)c(-c1cnccc1C)[n+]2C.Cc1ccc2c(c1)n(-c1ccccc1C)c(-c1cnccc1C)[n+]2C. The second-order valence-corrected chi connectivity index (χ2v) is 30.4. The van der Waals surface area contributed by atoms with Crippen LogP contribution in [0.5, 0.6) is 0 Å². The summed E-state index contributed by atoms with van der Waals surface area (Å²) in [6.45, 7) is 37.4. The van der Waals surface area contributed by atoms with Crippen molar-refractivity contribution >= 4 is 44.1 Å². The first-order valence-corrected chi connectivity index (χ1v) is 37.9. The van der Waals surface area contributed by atoms with Crippen LogP contribution in [0, 0.1) is 76.2 Å². The van der Waals surface area contributed by atoms with Crippen LogP contribution in [0.15, 0.2) is 232 Å². The molecular weight excluding hydrogens is 1320 g/mol. The summed E-state index contributed by atoms with van der Waals surface area (Å²) in [7, 11) is 8.59.